The Balaban J connectivity index is 1.15. The lowest BCUT2D eigenvalue weighted by molar-refractivity contribution is 0.0919. The molecule has 5 rings (SSSR count). The molecule has 3 N–H and O–H groups in total. The number of likely N-dealkylation sites (tertiary alicyclic amines) is 1. The van der Waals surface area contributed by atoms with Crippen LogP contribution in [0.4, 0.5) is 10.7 Å². The van der Waals surface area contributed by atoms with Crippen LogP contribution in [0.3, 0.4) is 0 Å². The number of aryl methyl sites for hydroxylation is 1. The normalized spacial score (nSPS) is 15.1. The van der Waals surface area contributed by atoms with Crippen molar-refractivity contribution >= 4 is 63.5 Å². The third-order valence-corrected chi connectivity index (χ3v) is 8.79. The molecule has 41 heavy (non-hydrogen) atoms. The lowest BCUT2D eigenvalue weighted by Crippen LogP contribution is -2.50. The van der Waals surface area contributed by atoms with Crippen molar-refractivity contribution in [3.05, 3.63) is 74.2 Å². The quantitative estimate of drug-likeness (QED) is 0.191. The van der Waals surface area contributed by atoms with Crippen LogP contribution in [0.25, 0.3) is 11.0 Å². The molecule has 1 atom stereocenters. The number of nitrogens with zero attached hydrogens (tertiary/aromatic N) is 4. The summed E-state index contributed by atoms with van der Waals surface area (Å²) in [5.74, 6) is 0.201. The fourth-order valence-electron chi connectivity index (χ4n) is 5.30. The Morgan fingerprint density at radius 2 is 1.98 bits per heavy atom. The summed E-state index contributed by atoms with van der Waals surface area (Å²) in [5.41, 5.74) is 3.87. The summed E-state index contributed by atoms with van der Waals surface area (Å²) in [5, 5.41) is 10.4. The minimum atomic E-state index is -0.248. The highest BCUT2D eigenvalue weighted by molar-refractivity contribution is 7.07. The summed E-state index contributed by atoms with van der Waals surface area (Å²) in [6.45, 7) is 6.76. The first-order chi connectivity index (χ1) is 19.8. The summed E-state index contributed by atoms with van der Waals surface area (Å²) >= 11 is 13.7. The van der Waals surface area contributed by atoms with Crippen LogP contribution >= 0.6 is 34.5 Å². The fraction of sp³-hybridized carbons (Fsp3) is 0.379. The van der Waals surface area contributed by atoms with E-state index in [1.54, 1.807) is 24.3 Å². The topological polar surface area (TPSA) is 106 Å². The summed E-state index contributed by atoms with van der Waals surface area (Å²) in [7, 11) is 0. The number of carbonyl (C=O) groups is 2. The van der Waals surface area contributed by atoms with Crippen LogP contribution < -0.4 is 10.6 Å². The number of urea groups is 1. The summed E-state index contributed by atoms with van der Waals surface area (Å²) in [6, 6.07) is 11.6. The average Bonchev–Trinajstić information content (AvgIpc) is 3.60. The van der Waals surface area contributed by atoms with Crippen LogP contribution in [-0.4, -0.2) is 68.4 Å². The molecule has 1 aromatic carbocycles. The SMILES string of the molecule is Cc1cc(Cl)nc(Cl)c1C(=O)NCC[C@@H](C)N1CCC(N(Cc2ccsc2)C(=O)Nc2nc3ccccc3[nH]2)CC1. The van der Waals surface area contributed by atoms with Gasteiger partial charge < -0.3 is 20.1 Å². The molecule has 3 aromatic heterocycles. The van der Waals surface area contributed by atoms with E-state index in [1.165, 1.54) is 0 Å². The third-order valence-electron chi connectivity index (χ3n) is 7.59. The van der Waals surface area contributed by atoms with Gasteiger partial charge in [0.1, 0.15) is 10.3 Å². The lowest BCUT2D eigenvalue weighted by Gasteiger charge is -2.40. The molecule has 1 aliphatic rings. The van der Waals surface area contributed by atoms with E-state index >= 15 is 0 Å². The number of halogens is 2. The van der Waals surface area contributed by atoms with E-state index in [2.05, 4.69) is 48.9 Å². The first-order valence-corrected chi connectivity index (χ1v) is 15.4. The zero-order chi connectivity index (χ0) is 28.9. The van der Waals surface area contributed by atoms with Crippen molar-refractivity contribution < 1.29 is 9.59 Å². The minimum Gasteiger partial charge on any atom is -0.352 e. The number of aromatic nitrogens is 3. The van der Waals surface area contributed by atoms with Gasteiger partial charge in [-0.15, -0.1) is 0 Å². The standard InChI is InChI=1S/C29H33Cl2N7O2S/c1-18-15-24(30)35-26(31)25(18)27(39)32-11-7-19(2)37-12-8-21(9-13-37)38(16-20-10-14-41-17-20)29(40)36-28-33-22-5-3-4-6-23(22)34-28/h3-6,10,14-15,17,19,21H,7-9,11-13,16H2,1-2H3,(H,32,39)(H2,33,34,36,40)/t19-/m1/s1. The number of hydrogen-bond donors (Lipinski definition) is 3. The largest absolute Gasteiger partial charge is 0.352 e. The molecule has 0 saturated carbocycles. The van der Waals surface area contributed by atoms with Gasteiger partial charge in [-0.25, -0.2) is 14.8 Å². The van der Waals surface area contributed by atoms with E-state index in [0.29, 0.717) is 30.2 Å². The Labute approximate surface area is 253 Å². The fourth-order valence-corrected chi connectivity index (χ4v) is 6.58. The molecule has 0 spiro atoms. The molecule has 4 heterocycles. The molecule has 1 fully saturated rings. The van der Waals surface area contributed by atoms with Gasteiger partial charge in [-0.3, -0.25) is 10.1 Å². The maximum absolute atomic E-state index is 13.5. The Hall–Kier alpha value is -3.18. The van der Waals surface area contributed by atoms with Crippen LogP contribution in [0.1, 0.15) is 47.7 Å². The number of pyridine rings is 1. The molecule has 0 aliphatic carbocycles. The molecule has 0 radical (unpaired) electrons. The molecular weight excluding hydrogens is 581 g/mol. The van der Waals surface area contributed by atoms with Gasteiger partial charge in [-0.05, 0) is 79.3 Å². The minimum absolute atomic E-state index is 0.102. The van der Waals surface area contributed by atoms with Crippen LogP contribution in [0.2, 0.25) is 10.3 Å². The summed E-state index contributed by atoms with van der Waals surface area (Å²) < 4.78 is 0. The number of thiophene rings is 1. The van der Waals surface area contributed by atoms with Crippen LogP contribution in [0.5, 0.6) is 0 Å². The van der Waals surface area contributed by atoms with Crippen molar-refractivity contribution in [3.8, 4) is 0 Å². The molecular formula is C29H33Cl2N7O2S. The Morgan fingerprint density at radius 1 is 1.20 bits per heavy atom. The second-order valence-electron chi connectivity index (χ2n) is 10.4. The molecule has 3 amide bonds. The number of anilines is 1. The van der Waals surface area contributed by atoms with E-state index < -0.39 is 0 Å². The van der Waals surface area contributed by atoms with Crippen LogP contribution in [0.15, 0.2) is 47.2 Å². The summed E-state index contributed by atoms with van der Waals surface area (Å²) in [6.07, 6.45) is 2.51. The number of imidazole rings is 1. The number of hydrogen-bond acceptors (Lipinski definition) is 6. The van der Waals surface area contributed by atoms with E-state index in [-0.39, 0.29) is 34.3 Å². The Bertz CT molecular complexity index is 1450. The highest BCUT2D eigenvalue weighted by atomic mass is 35.5. The van der Waals surface area contributed by atoms with E-state index in [1.807, 2.05) is 34.5 Å². The van der Waals surface area contributed by atoms with Gasteiger partial charge in [-0.1, -0.05) is 35.3 Å². The van der Waals surface area contributed by atoms with Crippen molar-refractivity contribution in [2.75, 3.05) is 25.0 Å². The maximum atomic E-state index is 13.5. The number of H-pyrrole nitrogens is 1. The van der Waals surface area contributed by atoms with E-state index in [4.69, 9.17) is 23.2 Å². The van der Waals surface area contributed by atoms with Gasteiger partial charge in [0.05, 0.1) is 16.6 Å². The van der Waals surface area contributed by atoms with Gasteiger partial charge in [0.25, 0.3) is 5.91 Å². The number of carbonyl (C=O) groups excluding carboxylic acids is 2. The Morgan fingerprint density at radius 3 is 2.68 bits per heavy atom. The number of aromatic amines is 1. The first-order valence-electron chi connectivity index (χ1n) is 13.7. The zero-order valence-corrected chi connectivity index (χ0v) is 25.3. The molecule has 12 heteroatoms. The number of benzene rings is 1. The van der Waals surface area contributed by atoms with Gasteiger partial charge in [0, 0.05) is 38.3 Å². The predicted molar refractivity (Wildman–Crippen MR) is 165 cm³/mol. The second-order valence-corrected chi connectivity index (χ2v) is 11.9. The molecule has 216 valence electrons. The van der Waals surface area contributed by atoms with Gasteiger partial charge in [-0.2, -0.15) is 11.3 Å². The zero-order valence-electron chi connectivity index (χ0n) is 23.0. The average molecular weight is 615 g/mol. The molecule has 0 unspecified atom stereocenters. The van der Waals surface area contributed by atoms with Gasteiger partial charge in [0.2, 0.25) is 5.95 Å². The van der Waals surface area contributed by atoms with Crippen LogP contribution in [0, 0.1) is 6.92 Å². The highest BCUT2D eigenvalue weighted by Gasteiger charge is 2.30. The number of piperidine rings is 1. The van der Waals surface area contributed by atoms with Gasteiger partial charge >= 0.3 is 6.03 Å². The first kappa shape index (κ1) is 29.3. The number of para-hydroxylation sites is 2. The number of nitrogens with one attached hydrogen (secondary N) is 3. The van der Waals surface area contributed by atoms with Crippen molar-refractivity contribution in [2.24, 2.45) is 0 Å². The monoisotopic (exact) mass is 613 g/mol. The highest BCUT2D eigenvalue weighted by Crippen LogP contribution is 2.24. The van der Waals surface area contributed by atoms with E-state index in [0.717, 1.165) is 48.9 Å². The van der Waals surface area contributed by atoms with Crippen molar-refractivity contribution in [2.45, 2.75) is 51.7 Å². The lowest BCUT2D eigenvalue weighted by atomic mass is 10.0. The molecule has 9 nitrogen and oxygen atoms in total. The molecule has 1 saturated heterocycles. The molecule has 4 aromatic rings. The number of rotatable bonds is 9. The van der Waals surface area contributed by atoms with Crippen molar-refractivity contribution in [3.63, 3.8) is 0 Å². The van der Waals surface area contributed by atoms with E-state index in [9.17, 15) is 9.59 Å². The summed E-state index contributed by atoms with van der Waals surface area (Å²) in [4.78, 5) is 42.3. The smallest absolute Gasteiger partial charge is 0.324 e. The van der Waals surface area contributed by atoms with Crippen LogP contribution in [-0.2, 0) is 6.54 Å². The molecule has 0 bridgehead atoms. The third kappa shape index (κ3) is 7.19. The number of amides is 3. The van der Waals surface area contributed by atoms with Crippen molar-refractivity contribution in [1.29, 1.82) is 0 Å². The Kier molecular flexibility index (Phi) is 9.44. The maximum Gasteiger partial charge on any atom is 0.324 e. The van der Waals surface area contributed by atoms with Crippen molar-refractivity contribution in [1.82, 2.24) is 30.1 Å². The number of fused-ring (bicyclic) bond motifs is 1. The second kappa shape index (κ2) is 13.2. The molecule has 1 aliphatic heterocycles. The predicted octanol–water partition coefficient (Wildman–Crippen LogP) is 6.34. The van der Waals surface area contributed by atoms with Gasteiger partial charge in [0.15, 0.2) is 0 Å².